The van der Waals surface area contributed by atoms with Crippen molar-refractivity contribution < 1.29 is 24.2 Å². The summed E-state index contributed by atoms with van der Waals surface area (Å²) in [5.74, 6) is 0.137. The molecule has 0 spiro atoms. The fourth-order valence-electron chi connectivity index (χ4n) is 3.43. The second kappa shape index (κ2) is 11.1. The maximum Gasteiger partial charge on any atom is 0.341 e. The molecule has 1 aromatic heterocycles. The van der Waals surface area contributed by atoms with E-state index >= 15 is 0 Å². The van der Waals surface area contributed by atoms with Crippen LogP contribution in [0.4, 0.5) is 0 Å². The standard InChI is InChI=1S/C25H20Cl2N4O5/c1-35-17-7-5-16(6-8-17)25-29-21-10-19(26)20(27)11-22(21)31(25)13-23(32)30-28-12-15-3-2-4-18(9-15)36-14-24(33)34/h2-12H,13-14H2,1H3,(H,30,32)(H,33,34). The zero-order valence-electron chi connectivity index (χ0n) is 18.9. The number of methoxy groups -OCH3 is 1. The molecule has 0 unspecified atom stereocenters. The highest BCUT2D eigenvalue weighted by Gasteiger charge is 2.17. The summed E-state index contributed by atoms with van der Waals surface area (Å²) in [6.45, 7) is -0.545. The first-order valence-electron chi connectivity index (χ1n) is 10.6. The van der Waals surface area contributed by atoms with Crippen LogP contribution >= 0.6 is 23.2 Å². The van der Waals surface area contributed by atoms with Crippen LogP contribution in [0.3, 0.4) is 0 Å². The number of ether oxygens (including phenoxy) is 2. The molecule has 0 aliphatic heterocycles. The van der Waals surface area contributed by atoms with Crippen LogP contribution in [0.5, 0.6) is 11.5 Å². The average molecular weight is 527 g/mol. The van der Waals surface area contributed by atoms with E-state index in [-0.39, 0.29) is 6.54 Å². The maximum atomic E-state index is 12.8. The number of carbonyl (C=O) groups excluding carboxylic acids is 1. The molecule has 0 saturated carbocycles. The van der Waals surface area contributed by atoms with E-state index in [0.29, 0.717) is 44.0 Å². The van der Waals surface area contributed by atoms with Crippen LogP contribution in [0.15, 0.2) is 65.8 Å². The largest absolute Gasteiger partial charge is 0.497 e. The van der Waals surface area contributed by atoms with E-state index in [1.165, 1.54) is 6.21 Å². The van der Waals surface area contributed by atoms with Crippen LogP contribution in [0, 0.1) is 0 Å². The van der Waals surface area contributed by atoms with Gasteiger partial charge in [-0.1, -0.05) is 35.3 Å². The van der Waals surface area contributed by atoms with Gasteiger partial charge in [-0.3, -0.25) is 4.79 Å². The molecular weight excluding hydrogens is 507 g/mol. The minimum atomic E-state index is -1.08. The van der Waals surface area contributed by atoms with Gasteiger partial charge in [-0.15, -0.1) is 0 Å². The van der Waals surface area contributed by atoms with Gasteiger partial charge in [0.05, 0.1) is 34.4 Å². The van der Waals surface area contributed by atoms with Gasteiger partial charge >= 0.3 is 5.97 Å². The van der Waals surface area contributed by atoms with Gasteiger partial charge in [0.15, 0.2) is 6.61 Å². The second-order valence-electron chi connectivity index (χ2n) is 7.55. The minimum absolute atomic E-state index is 0.0884. The topological polar surface area (TPSA) is 115 Å². The number of benzene rings is 3. The quantitative estimate of drug-likeness (QED) is 0.242. The van der Waals surface area contributed by atoms with Crippen molar-refractivity contribution in [3.05, 3.63) is 76.3 Å². The number of halogens is 2. The Morgan fingerprint density at radius 3 is 2.56 bits per heavy atom. The zero-order valence-corrected chi connectivity index (χ0v) is 20.5. The minimum Gasteiger partial charge on any atom is -0.497 e. The van der Waals surface area contributed by atoms with E-state index in [1.807, 2.05) is 12.1 Å². The Hall–Kier alpha value is -4.08. The van der Waals surface area contributed by atoms with E-state index in [9.17, 15) is 9.59 Å². The summed E-state index contributed by atoms with van der Waals surface area (Å²) in [7, 11) is 1.58. The van der Waals surface area contributed by atoms with E-state index < -0.39 is 18.5 Å². The highest BCUT2D eigenvalue weighted by Crippen LogP contribution is 2.32. The third kappa shape index (κ3) is 5.94. The summed E-state index contributed by atoms with van der Waals surface area (Å²) in [6.07, 6.45) is 1.43. The van der Waals surface area contributed by atoms with Crippen molar-refractivity contribution in [1.29, 1.82) is 0 Å². The number of hydrogen-bond donors (Lipinski definition) is 2. The van der Waals surface area contributed by atoms with Crippen molar-refractivity contribution in [2.75, 3.05) is 13.7 Å². The molecule has 0 aliphatic rings. The monoisotopic (exact) mass is 526 g/mol. The first kappa shape index (κ1) is 25.0. The molecule has 0 atom stereocenters. The van der Waals surface area contributed by atoms with Gasteiger partial charge in [0.25, 0.3) is 5.91 Å². The first-order chi connectivity index (χ1) is 17.3. The molecule has 36 heavy (non-hydrogen) atoms. The van der Waals surface area contributed by atoms with E-state index in [2.05, 4.69) is 15.5 Å². The predicted octanol–water partition coefficient (Wildman–Crippen LogP) is 4.63. The molecule has 2 N–H and O–H groups in total. The number of fused-ring (bicyclic) bond motifs is 1. The number of carboxylic acids is 1. The number of nitrogens with zero attached hydrogens (tertiary/aromatic N) is 3. The van der Waals surface area contributed by atoms with E-state index in [1.54, 1.807) is 60.2 Å². The zero-order chi connectivity index (χ0) is 25.7. The third-order valence-corrected chi connectivity index (χ3v) is 5.79. The second-order valence-corrected chi connectivity index (χ2v) is 8.37. The number of hydrazone groups is 1. The molecule has 184 valence electrons. The molecule has 4 aromatic rings. The lowest BCUT2D eigenvalue weighted by atomic mass is 10.2. The molecule has 0 aliphatic carbocycles. The number of carboxylic acid groups (broad SMARTS) is 1. The number of aromatic nitrogens is 2. The molecule has 0 radical (unpaired) electrons. The van der Waals surface area contributed by atoms with Gasteiger partial charge < -0.3 is 19.1 Å². The molecule has 0 bridgehead atoms. The van der Waals surface area contributed by atoms with Gasteiger partial charge in [-0.2, -0.15) is 5.10 Å². The van der Waals surface area contributed by atoms with Crippen LogP contribution < -0.4 is 14.9 Å². The van der Waals surface area contributed by atoms with Gasteiger partial charge in [0.1, 0.15) is 23.9 Å². The molecule has 1 amide bonds. The Bertz CT molecular complexity index is 1450. The summed E-state index contributed by atoms with van der Waals surface area (Å²) in [5.41, 5.74) is 5.11. The molecule has 4 rings (SSSR count). The summed E-state index contributed by atoms with van der Waals surface area (Å²) in [6, 6.07) is 17.3. The van der Waals surface area contributed by atoms with E-state index in [0.717, 1.165) is 5.56 Å². The van der Waals surface area contributed by atoms with Crippen LogP contribution in [0.1, 0.15) is 5.56 Å². The predicted molar refractivity (Wildman–Crippen MR) is 137 cm³/mol. The normalized spacial score (nSPS) is 11.1. The molecular formula is C25H20Cl2N4O5. The molecule has 1 heterocycles. The molecule has 0 fully saturated rings. The van der Waals surface area contributed by atoms with Crippen molar-refractivity contribution in [3.8, 4) is 22.9 Å². The summed E-state index contributed by atoms with van der Waals surface area (Å²) < 4.78 is 12.1. The summed E-state index contributed by atoms with van der Waals surface area (Å²) in [5, 5.41) is 13.4. The van der Waals surface area contributed by atoms with Crippen molar-refractivity contribution in [2.45, 2.75) is 6.54 Å². The summed E-state index contributed by atoms with van der Waals surface area (Å²) >= 11 is 12.4. The molecule has 0 saturated heterocycles. The number of rotatable bonds is 9. The smallest absolute Gasteiger partial charge is 0.341 e. The summed E-state index contributed by atoms with van der Waals surface area (Å²) in [4.78, 5) is 28.1. The highest BCUT2D eigenvalue weighted by molar-refractivity contribution is 6.42. The van der Waals surface area contributed by atoms with Crippen molar-refractivity contribution >= 4 is 52.3 Å². The number of carbonyl (C=O) groups is 2. The van der Waals surface area contributed by atoms with Crippen molar-refractivity contribution in [2.24, 2.45) is 5.10 Å². The number of aliphatic carboxylic acids is 1. The Labute approximate surface area is 215 Å². The van der Waals surface area contributed by atoms with Crippen molar-refractivity contribution in [3.63, 3.8) is 0 Å². The lowest BCUT2D eigenvalue weighted by Crippen LogP contribution is -2.23. The van der Waals surface area contributed by atoms with Gasteiger partial charge in [0.2, 0.25) is 0 Å². The number of amides is 1. The Morgan fingerprint density at radius 2 is 1.83 bits per heavy atom. The number of imidazole rings is 1. The highest BCUT2D eigenvalue weighted by atomic mass is 35.5. The first-order valence-corrected chi connectivity index (χ1v) is 11.4. The maximum absolute atomic E-state index is 12.8. The van der Waals surface area contributed by atoms with Crippen LogP contribution in [-0.4, -0.2) is 46.5 Å². The van der Waals surface area contributed by atoms with Crippen LogP contribution in [-0.2, 0) is 16.1 Å². The van der Waals surface area contributed by atoms with Gasteiger partial charge in [-0.05, 0) is 54.1 Å². The van der Waals surface area contributed by atoms with Crippen molar-refractivity contribution in [1.82, 2.24) is 15.0 Å². The Morgan fingerprint density at radius 1 is 1.08 bits per heavy atom. The molecule has 9 nitrogen and oxygen atoms in total. The number of nitrogens with one attached hydrogen (secondary N) is 1. The third-order valence-electron chi connectivity index (χ3n) is 5.06. The lowest BCUT2D eigenvalue weighted by Gasteiger charge is -2.09. The van der Waals surface area contributed by atoms with Crippen LogP contribution in [0.2, 0.25) is 10.0 Å². The Kier molecular flexibility index (Phi) is 7.72. The SMILES string of the molecule is COc1ccc(-c2nc3cc(Cl)c(Cl)cc3n2CC(=O)NN=Cc2cccc(OCC(=O)O)c2)cc1. The molecule has 3 aromatic carbocycles. The number of hydrogen-bond acceptors (Lipinski definition) is 6. The van der Waals surface area contributed by atoms with E-state index in [4.69, 9.17) is 37.8 Å². The van der Waals surface area contributed by atoms with Gasteiger partial charge in [0, 0.05) is 5.56 Å². The van der Waals surface area contributed by atoms with Gasteiger partial charge in [-0.25, -0.2) is 15.2 Å². The lowest BCUT2D eigenvalue weighted by molar-refractivity contribution is -0.139. The fourth-order valence-corrected chi connectivity index (χ4v) is 3.74. The fraction of sp³-hybridized carbons (Fsp3) is 0.120. The molecule has 11 heteroatoms. The Balaban J connectivity index is 1.55. The van der Waals surface area contributed by atoms with Crippen LogP contribution in [0.25, 0.3) is 22.4 Å². The average Bonchev–Trinajstić information content (AvgIpc) is 3.20.